The third-order valence-electron chi connectivity index (χ3n) is 6.88. The number of ketones is 1. The van der Waals surface area contributed by atoms with E-state index in [4.69, 9.17) is 4.74 Å². The number of hydrogen-bond donors (Lipinski definition) is 2. The summed E-state index contributed by atoms with van der Waals surface area (Å²) in [6, 6.07) is 23.2. The van der Waals surface area contributed by atoms with Gasteiger partial charge in [0, 0.05) is 42.4 Å². The fraction of sp³-hybridized carbons (Fsp3) is 0.233. The summed E-state index contributed by atoms with van der Waals surface area (Å²) < 4.78 is 20.9. The molecule has 0 bridgehead atoms. The Hall–Kier alpha value is -4.26. The normalized spacial score (nSPS) is 18.1. The number of amides is 1. The molecule has 0 aliphatic carbocycles. The average Bonchev–Trinajstić information content (AvgIpc) is 3.38. The van der Waals surface area contributed by atoms with E-state index in [1.807, 2.05) is 54.6 Å². The van der Waals surface area contributed by atoms with Crippen LogP contribution < -0.4 is 5.32 Å². The van der Waals surface area contributed by atoms with Crippen LogP contribution in [0, 0.1) is 11.7 Å². The molecule has 5 rings (SSSR count). The minimum absolute atomic E-state index is 0.162. The van der Waals surface area contributed by atoms with Crippen molar-refractivity contribution in [3.63, 3.8) is 0 Å². The zero-order chi connectivity index (χ0) is 25.9. The van der Waals surface area contributed by atoms with Crippen molar-refractivity contribution in [2.75, 3.05) is 6.54 Å². The van der Waals surface area contributed by atoms with Crippen LogP contribution in [-0.2, 0) is 32.0 Å². The molecule has 1 amide bonds. The summed E-state index contributed by atoms with van der Waals surface area (Å²) in [5.74, 6) is -3.82. The molecule has 3 aromatic carbocycles. The topological polar surface area (TPSA) is 88.3 Å². The Morgan fingerprint density at radius 3 is 2.46 bits per heavy atom. The van der Waals surface area contributed by atoms with Crippen LogP contribution in [0.1, 0.15) is 35.2 Å². The highest BCUT2D eigenvalue weighted by molar-refractivity contribution is 6.08. The predicted molar refractivity (Wildman–Crippen MR) is 137 cm³/mol. The summed E-state index contributed by atoms with van der Waals surface area (Å²) in [4.78, 5) is 41.9. The summed E-state index contributed by atoms with van der Waals surface area (Å²) in [5.41, 5.74) is 3.32. The van der Waals surface area contributed by atoms with Gasteiger partial charge in [0.25, 0.3) is 0 Å². The monoisotopic (exact) mass is 498 g/mol. The van der Waals surface area contributed by atoms with E-state index in [1.165, 1.54) is 13.0 Å². The van der Waals surface area contributed by atoms with Gasteiger partial charge in [-0.1, -0.05) is 66.7 Å². The van der Waals surface area contributed by atoms with Crippen LogP contribution in [0.4, 0.5) is 4.39 Å². The lowest BCUT2D eigenvalue weighted by molar-refractivity contribution is -0.144. The van der Waals surface area contributed by atoms with Crippen LogP contribution in [0.15, 0.2) is 78.9 Å². The fourth-order valence-corrected chi connectivity index (χ4v) is 5.21. The Bertz CT molecular complexity index is 1460. The molecular formula is C30H27FN2O4. The molecule has 1 saturated heterocycles. The fourth-order valence-electron chi connectivity index (χ4n) is 5.21. The molecule has 1 aliphatic heterocycles. The first-order chi connectivity index (χ1) is 17.9. The van der Waals surface area contributed by atoms with E-state index < -0.39 is 29.7 Å². The lowest BCUT2D eigenvalue weighted by Gasteiger charge is -2.22. The van der Waals surface area contributed by atoms with E-state index in [-0.39, 0.29) is 23.7 Å². The van der Waals surface area contributed by atoms with Crippen LogP contribution in [0.3, 0.4) is 0 Å². The number of fused-ring (bicyclic) bond motifs is 1. The summed E-state index contributed by atoms with van der Waals surface area (Å²) in [6.07, 6.45) is -0.247. The number of nitrogens with one attached hydrogen (secondary N) is 2. The van der Waals surface area contributed by atoms with Crippen LogP contribution in [0.2, 0.25) is 0 Å². The molecule has 3 atom stereocenters. The number of hydrogen-bond acceptors (Lipinski definition) is 4. The summed E-state index contributed by atoms with van der Waals surface area (Å²) in [5, 5.41) is 3.69. The van der Waals surface area contributed by atoms with Gasteiger partial charge in [0.15, 0.2) is 11.9 Å². The molecular weight excluding hydrogens is 471 g/mol. The Balaban J connectivity index is 1.61. The molecule has 0 spiro atoms. The maximum absolute atomic E-state index is 15.3. The van der Waals surface area contributed by atoms with Crippen LogP contribution in [-0.4, -0.2) is 35.3 Å². The van der Waals surface area contributed by atoms with Crippen molar-refractivity contribution in [2.45, 2.75) is 31.8 Å². The van der Waals surface area contributed by atoms with E-state index in [1.54, 1.807) is 18.2 Å². The number of esters is 1. The van der Waals surface area contributed by atoms with Gasteiger partial charge in [0.2, 0.25) is 5.91 Å². The van der Waals surface area contributed by atoms with E-state index >= 15 is 4.39 Å². The number of rotatable bonds is 8. The highest BCUT2D eigenvalue weighted by atomic mass is 19.1. The third kappa shape index (κ3) is 4.89. The largest absolute Gasteiger partial charge is 0.453 e. The number of aromatic nitrogens is 1. The molecule has 37 heavy (non-hydrogen) atoms. The first-order valence-electron chi connectivity index (χ1n) is 12.3. The zero-order valence-corrected chi connectivity index (χ0v) is 20.4. The first-order valence-corrected chi connectivity index (χ1v) is 12.3. The lowest BCUT2D eigenvalue weighted by Crippen LogP contribution is -2.30. The van der Waals surface area contributed by atoms with Crippen molar-refractivity contribution >= 4 is 28.6 Å². The number of aromatic amines is 1. The van der Waals surface area contributed by atoms with Crippen molar-refractivity contribution in [2.24, 2.45) is 5.92 Å². The third-order valence-corrected chi connectivity index (χ3v) is 6.88. The molecule has 1 fully saturated rings. The molecule has 7 heteroatoms. The van der Waals surface area contributed by atoms with Crippen LogP contribution in [0.5, 0.6) is 0 Å². The number of Topliss-reactive ketones (excluding diaryl/α,β-unsaturated/α-hetero) is 1. The van der Waals surface area contributed by atoms with Gasteiger partial charge in [0.1, 0.15) is 11.7 Å². The molecule has 188 valence electrons. The number of benzene rings is 3. The first kappa shape index (κ1) is 24.4. The van der Waals surface area contributed by atoms with E-state index in [0.717, 1.165) is 22.0 Å². The second kappa shape index (κ2) is 10.4. The summed E-state index contributed by atoms with van der Waals surface area (Å²) >= 11 is 0. The second-order valence-corrected chi connectivity index (χ2v) is 9.29. The van der Waals surface area contributed by atoms with Gasteiger partial charge in [-0.2, -0.15) is 0 Å². The van der Waals surface area contributed by atoms with Crippen molar-refractivity contribution < 1.29 is 23.5 Å². The molecule has 2 heterocycles. The van der Waals surface area contributed by atoms with Gasteiger partial charge in [0.05, 0.1) is 0 Å². The molecule has 4 aromatic rings. The predicted octanol–water partition coefficient (Wildman–Crippen LogP) is 4.47. The molecule has 0 saturated carbocycles. The molecule has 1 aromatic heterocycles. The summed E-state index contributed by atoms with van der Waals surface area (Å²) in [6.45, 7) is 1.80. The average molecular weight is 499 g/mol. The maximum Gasteiger partial charge on any atom is 0.318 e. The van der Waals surface area contributed by atoms with E-state index in [9.17, 15) is 14.4 Å². The van der Waals surface area contributed by atoms with Gasteiger partial charge in [-0.3, -0.25) is 14.4 Å². The lowest BCUT2D eigenvalue weighted by atomic mass is 9.78. The Kier molecular flexibility index (Phi) is 6.86. The highest BCUT2D eigenvalue weighted by Crippen LogP contribution is 2.42. The Morgan fingerprint density at radius 1 is 1.00 bits per heavy atom. The molecule has 3 unspecified atom stereocenters. The number of cyclic esters (lactones) is 1. The number of carbonyl (C=O) groups excluding carboxylic acids is 3. The maximum atomic E-state index is 15.3. The molecule has 0 radical (unpaired) electrons. The minimum Gasteiger partial charge on any atom is -0.453 e. The van der Waals surface area contributed by atoms with Crippen molar-refractivity contribution in [1.82, 2.24) is 10.3 Å². The Labute approximate surface area is 213 Å². The zero-order valence-electron chi connectivity index (χ0n) is 20.4. The van der Waals surface area contributed by atoms with Gasteiger partial charge in [-0.25, -0.2) is 4.39 Å². The second-order valence-electron chi connectivity index (χ2n) is 9.29. The van der Waals surface area contributed by atoms with Crippen molar-refractivity contribution in [3.8, 4) is 0 Å². The smallest absolute Gasteiger partial charge is 0.318 e. The number of halogens is 1. The van der Waals surface area contributed by atoms with Gasteiger partial charge in [-0.15, -0.1) is 0 Å². The molecule has 2 N–H and O–H groups in total. The summed E-state index contributed by atoms with van der Waals surface area (Å²) in [7, 11) is 0. The highest BCUT2D eigenvalue weighted by Gasteiger charge is 2.50. The SMILES string of the molecule is CC(=O)NCCc1c(C(c2ccccc2F)C2C(=O)OC(Cc3ccccc3)C2=O)[nH]c2ccccc12. The van der Waals surface area contributed by atoms with Crippen LogP contribution >= 0.6 is 0 Å². The van der Waals surface area contributed by atoms with Crippen molar-refractivity contribution in [1.29, 1.82) is 0 Å². The van der Waals surface area contributed by atoms with Crippen LogP contribution in [0.25, 0.3) is 10.9 Å². The van der Waals surface area contributed by atoms with Gasteiger partial charge >= 0.3 is 5.97 Å². The number of carbonyl (C=O) groups is 3. The number of ether oxygens (including phenoxy) is 1. The van der Waals surface area contributed by atoms with Gasteiger partial charge < -0.3 is 15.0 Å². The molecule has 1 aliphatic rings. The standard InChI is InChI=1S/C30H27FN2O4/c1-18(34)32-16-15-21-20-11-6-8-14-24(20)33-28(21)26(22-12-5-7-13-23(22)31)27-29(35)25(37-30(27)36)17-19-9-3-2-4-10-19/h2-14,25-27,33H,15-17H2,1H3,(H,32,34). The Morgan fingerprint density at radius 2 is 1.70 bits per heavy atom. The van der Waals surface area contributed by atoms with E-state index in [2.05, 4.69) is 10.3 Å². The quantitative estimate of drug-likeness (QED) is 0.277. The van der Waals surface area contributed by atoms with E-state index in [0.29, 0.717) is 18.7 Å². The minimum atomic E-state index is -1.21. The van der Waals surface area contributed by atoms with Gasteiger partial charge in [-0.05, 0) is 35.2 Å². The van der Waals surface area contributed by atoms with Crippen molar-refractivity contribution in [3.05, 3.63) is 107 Å². The number of para-hydroxylation sites is 1. The number of H-pyrrole nitrogens is 1. The molecule has 6 nitrogen and oxygen atoms in total.